The molecule has 6 heteroatoms. The Morgan fingerprint density at radius 1 is 1.46 bits per heavy atom. The first-order valence-corrected chi connectivity index (χ1v) is 5.95. The van der Waals surface area contributed by atoms with Gasteiger partial charge in [-0.15, -0.1) is 0 Å². The van der Waals surface area contributed by atoms with Crippen molar-refractivity contribution in [3.05, 3.63) is 0 Å². The van der Waals surface area contributed by atoms with E-state index >= 15 is 0 Å². The molecule has 1 unspecified atom stereocenters. The van der Waals surface area contributed by atoms with Gasteiger partial charge in [0.15, 0.2) is 0 Å². The second-order valence-electron chi connectivity index (χ2n) is 2.32. The van der Waals surface area contributed by atoms with Gasteiger partial charge in [-0.1, -0.05) is 6.92 Å². The lowest BCUT2D eigenvalue weighted by molar-refractivity contribution is -0.250. The van der Waals surface area contributed by atoms with Crippen LogP contribution < -0.4 is 0 Å². The summed E-state index contributed by atoms with van der Waals surface area (Å²) in [5, 5.41) is -2.43. The van der Waals surface area contributed by atoms with Gasteiger partial charge in [0.2, 0.25) is 5.08 Å². The Labute approximate surface area is 88.5 Å². The van der Waals surface area contributed by atoms with E-state index in [1.807, 2.05) is 6.92 Å². The molecule has 0 heterocycles. The molecule has 0 radical (unpaired) electrons. The van der Waals surface area contributed by atoms with Gasteiger partial charge in [0, 0.05) is 5.75 Å². The fourth-order valence-electron chi connectivity index (χ4n) is 0.546. The molecule has 0 aliphatic rings. The molecule has 0 saturated carbocycles. The van der Waals surface area contributed by atoms with Crippen molar-refractivity contribution in [3.8, 4) is 0 Å². The zero-order valence-electron chi connectivity index (χ0n) is 7.23. The van der Waals surface area contributed by atoms with E-state index < -0.39 is 11.2 Å². The molecule has 0 aliphatic carbocycles. The summed E-state index contributed by atoms with van der Waals surface area (Å²) >= 11 is 3.64. The molecule has 0 aliphatic heterocycles. The Morgan fingerprint density at radius 2 is 2.08 bits per heavy atom. The third-order valence-corrected chi connectivity index (χ3v) is 2.81. The standard InChI is InChI=1S/C7H12BrF3OS/c1-2-4-13-5-3-12-7(10,11)6(8)9/h6H,2-5H2,1H3. The number of thioether (sulfide) groups is 1. The molecule has 0 amide bonds. The highest BCUT2D eigenvalue weighted by Gasteiger charge is 2.39. The third-order valence-electron chi connectivity index (χ3n) is 1.12. The molecule has 0 fully saturated rings. The van der Waals surface area contributed by atoms with Crippen molar-refractivity contribution in [1.29, 1.82) is 0 Å². The Balaban J connectivity index is 3.41. The number of halogens is 4. The van der Waals surface area contributed by atoms with Crippen molar-refractivity contribution >= 4 is 27.7 Å². The summed E-state index contributed by atoms with van der Waals surface area (Å²) in [5.74, 6) is 1.37. The molecule has 0 N–H and O–H groups in total. The summed E-state index contributed by atoms with van der Waals surface area (Å²) in [4.78, 5) is 0. The lowest BCUT2D eigenvalue weighted by Gasteiger charge is -2.16. The van der Waals surface area contributed by atoms with Crippen molar-refractivity contribution in [2.24, 2.45) is 0 Å². The predicted octanol–water partition coefficient (Wildman–Crippen LogP) is 3.43. The van der Waals surface area contributed by atoms with Crippen LogP contribution in [0.1, 0.15) is 13.3 Å². The van der Waals surface area contributed by atoms with Crippen molar-refractivity contribution < 1.29 is 17.9 Å². The van der Waals surface area contributed by atoms with E-state index in [9.17, 15) is 13.2 Å². The number of alkyl halides is 4. The molecule has 0 spiro atoms. The minimum atomic E-state index is -3.72. The van der Waals surface area contributed by atoms with Gasteiger partial charge >= 0.3 is 6.11 Å². The maximum atomic E-state index is 12.4. The highest BCUT2D eigenvalue weighted by molar-refractivity contribution is 9.09. The molecule has 13 heavy (non-hydrogen) atoms. The van der Waals surface area contributed by atoms with Crippen LogP contribution in [-0.4, -0.2) is 29.3 Å². The molecule has 1 nitrogen and oxygen atoms in total. The van der Waals surface area contributed by atoms with E-state index in [0.29, 0.717) is 5.75 Å². The van der Waals surface area contributed by atoms with E-state index in [4.69, 9.17) is 0 Å². The summed E-state index contributed by atoms with van der Waals surface area (Å²) in [5.41, 5.74) is 0. The largest absolute Gasteiger partial charge is 0.396 e. The Morgan fingerprint density at radius 3 is 2.54 bits per heavy atom. The van der Waals surface area contributed by atoms with Crippen molar-refractivity contribution in [3.63, 3.8) is 0 Å². The summed E-state index contributed by atoms with van der Waals surface area (Å²) < 4.78 is 41.0. The van der Waals surface area contributed by atoms with Crippen LogP contribution >= 0.6 is 27.7 Å². The van der Waals surface area contributed by atoms with Crippen LogP contribution in [0.15, 0.2) is 0 Å². The van der Waals surface area contributed by atoms with E-state index in [0.717, 1.165) is 12.2 Å². The fraction of sp³-hybridized carbons (Fsp3) is 1.00. The van der Waals surface area contributed by atoms with Gasteiger partial charge in [-0.05, 0) is 28.1 Å². The van der Waals surface area contributed by atoms with Gasteiger partial charge in [0.25, 0.3) is 0 Å². The number of hydrogen-bond acceptors (Lipinski definition) is 2. The van der Waals surface area contributed by atoms with Crippen LogP contribution in [0.5, 0.6) is 0 Å². The molecular weight excluding hydrogens is 269 g/mol. The zero-order valence-corrected chi connectivity index (χ0v) is 9.64. The lowest BCUT2D eigenvalue weighted by Crippen LogP contribution is -2.29. The molecular formula is C7H12BrF3OS. The predicted molar refractivity (Wildman–Crippen MR) is 52.3 cm³/mol. The van der Waals surface area contributed by atoms with Gasteiger partial charge in [-0.3, -0.25) is 0 Å². The van der Waals surface area contributed by atoms with Crippen LogP contribution in [0.2, 0.25) is 0 Å². The van der Waals surface area contributed by atoms with Crippen molar-refractivity contribution in [2.75, 3.05) is 18.1 Å². The normalized spacial score (nSPS) is 14.5. The summed E-state index contributed by atoms with van der Waals surface area (Å²) in [6, 6.07) is 0. The first-order chi connectivity index (χ1) is 6.00. The minimum Gasteiger partial charge on any atom is -0.317 e. The maximum absolute atomic E-state index is 12.4. The van der Waals surface area contributed by atoms with Gasteiger partial charge < -0.3 is 4.74 Å². The average Bonchev–Trinajstić information content (AvgIpc) is 2.03. The average molecular weight is 281 g/mol. The lowest BCUT2D eigenvalue weighted by atomic mass is 10.6. The summed E-state index contributed by atoms with van der Waals surface area (Å²) in [7, 11) is 0. The second-order valence-corrected chi connectivity index (χ2v) is 4.35. The molecule has 0 aromatic rings. The van der Waals surface area contributed by atoms with Crippen molar-refractivity contribution in [1.82, 2.24) is 0 Å². The SMILES string of the molecule is CCCSCCOC(F)(F)C(F)Br. The highest BCUT2D eigenvalue weighted by atomic mass is 79.9. The minimum absolute atomic E-state index is 0.135. The first kappa shape index (κ1) is 13.6. The second kappa shape index (κ2) is 6.95. The van der Waals surface area contributed by atoms with Gasteiger partial charge in [-0.2, -0.15) is 20.5 Å². The van der Waals surface area contributed by atoms with Crippen LogP contribution in [0.3, 0.4) is 0 Å². The van der Waals surface area contributed by atoms with E-state index in [2.05, 4.69) is 20.7 Å². The van der Waals surface area contributed by atoms with Crippen LogP contribution in [0, 0.1) is 0 Å². The molecule has 0 aromatic carbocycles. The Kier molecular flexibility index (Phi) is 7.26. The van der Waals surface area contributed by atoms with Gasteiger partial charge in [0.05, 0.1) is 6.61 Å². The number of ether oxygens (including phenoxy) is 1. The van der Waals surface area contributed by atoms with E-state index in [1.54, 1.807) is 0 Å². The topological polar surface area (TPSA) is 9.23 Å². The summed E-state index contributed by atoms with van der Waals surface area (Å²) in [6.07, 6.45) is -2.72. The van der Waals surface area contributed by atoms with Gasteiger partial charge in [-0.25, -0.2) is 4.39 Å². The Bertz CT molecular complexity index is 135. The fourth-order valence-corrected chi connectivity index (χ4v) is 1.37. The van der Waals surface area contributed by atoms with Crippen molar-refractivity contribution in [2.45, 2.75) is 24.5 Å². The zero-order chi connectivity index (χ0) is 10.3. The monoisotopic (exact) mass is 280 g/mol. The highest BCUT2D eigenvalue weighted by Crippen LogP contribution is 2.27. The quantitative estimate of drug-likeness (QED) is 0.522. The molecule has 1 atom stereocenters. The smallest absolute Gasteiger partial charge is 0.317 e. The van der Waals surface area contributed by atoms with Gasteiger partial charge in [0.1, 0.15) is 0 Å². The molecule has 0 bridgehead atoms. The van der Waals surface area contributed by atoms with Crippen LogP contribution in [0.25, 0.3) is 0 Å². The molecule has 0 aromatic heterocycles. The maximum Gasteiger partial charge on any atom is 0.396 e. The number of rotatable bonds is 7. The van der Waals surface area contributed by atoms with E-state index in [1.165, 1.54) is 11.8 Å². The summed E-state index contributed by atoms with van der Waals surface area (Å²) in [6.45, 7) is 1.86. The molecule has 80 valence electrons. The third kappa shape index (κ3) is 6.62. The Hall–Kier alpha value is 0.580. The van der Waals surface area contributed by atoms with Crippen LogP contribution in [-0.2, 0) is 4.74 Å². The first-order valence-electron chi connectivity index (χ1n) is 3.88. The molecule has 0 saturated heterocycles. The number of hydrogen-bond donors (Lipinski definition) is 0. The molecule has 0 rings (SSSR count). The van der Waals surface area contributed by atoms with Crippen LogP contribution in [0.4, 0.5) is 13.2 Å². The van der Waals surface area contributed by atoms with E-state index in [-0.39, 0.29) is 6.61 Å².